The Hall–Kier alpha value is -3.25. The first-order valence-corrected chi connectivity index (χ1v) is 15.3. The molecule has 42 heavy (non-hydrogen) atoms. The molecule has 1 saturated carbocycles. The lowest BCUT2D eigenvalue weighted by Gasteiger charge is -2.26. The van der Waals surface area contributed by atoms with E-state index in [0.29, 0.717) is 42.7 Å². The van der Waals surface area contributed by atoms with Crippen molar-refractivity contribution in [3.05, 3.63) is 80.3 Å². The maximum atomic E-state index is 13.1. The molecular formula is C32H40IN5O4. The zero-order valence-electron chi connectivity index (χ0n) is 25.2. The molecule has 10 heteroatoms. The number of ether oxygens (including phenoxy) is 2. The van der Waals surface area contributed by atoms with E-state index < -0.39 is 11.7 Å². The predicted octanol–water partition coefficient (Wildman–Crippen LogP) is 6.40. The number of carbonyl (C=O) groups excluding carboxylic acids is 2. The van der Waals surface area contributed by atoms with Crippen molar-refractivity contribution < 1.29 is 19.1 Å². The van der Waals surface area contributed by atoms with E-state index in [2.05, 4.69) is 49.2 Å². The lowest BCUT2D eigenvalue weighted by atomic mass is 10.1. The number of aromatic nitrogens is 2. The fraction of sp³-hybridized carbons (Fsp3) is 0.438. The smallest absolute Gasteiger partial charge is 0.407 e. The minimum Gasteiger partial charge on any atom is -0.482 e. The number of pyridine rings is 2. The normalized spacial score (nSPS) is 13.9. The Morgan fingerprint density at radius 1 is 1.12 bits per heavy atom. The molecule has 1 atom stereocenters. The van der Waals surface area contributed by atoms with Gasteiger partial charge in [-0.1, -0.05) is 12.1 Å². The summed E-state index contributed by atoms with van der Waals surface area (Å²) in [5.74, 6) is 1.62. The van der Waals surface area contributed by atoms with E-state index in [4.69, 9.17) is 14.5 Å². The van der Waals surface area contributed by atoms with Crippen molar-refractivity contribution in [3.8, 4) is 5.75 Å². The summed E-state index contributed by atoms with van der Waals surface area (Å²) >= 11 is 2.21. The number of rotatable bonds is 11. The van der Waals surface area contributed by atoms with Gasteiger partial charge >= 0.3 is 6.09 Å². The van der Waals surface area contributed by atoms with Crippen LogP contribution in [0.4, 0.5) is 10.6 Å². The number of nitrogens with zero attached hydrogens (tertiary/aromatic N) is 3. The summed E-state index contributed by atoms with van der Waals surface area (Å²) in [4.78, 5) is 36.3. The number of benzene rings is 1. The van der Waals surface area contributed by atoms with Gasteiger partial charge in [-0.3, -0.25) is 9.78 Å². The van der Waals surface area contributed by atoms with Crippen LogP contribution in [0, 0.1) is 17.4 Å². The van der Waals surface area contributed by atoms with Gasteiger partial charge in [0.25, 0.3) is 5.91 Å². The minimum absolute atomic E-state index is 0.218. The second kappa shape index (κ2) is 13.8. The maximum absolute atomic E-state index is 13.1. The molecular weight excluding hydrogens is 645 g/mol. The van der Waals surface area contributed by atoms with Crippen molar-refractivity contribution in [2.45, 2.75) is 65.1 Å². The molecule has 0 aliphatic heterocycles. The van der Waals surface area contributed by atoms with E-state index >= 15 is 0 Å². The van der Waals surface area contributed by atoms with Crippen LogP contribution in [0.3, 0.4) is 0 Å². The monoisotopic (exact) mass is 685 g/mol. The number of carbonyl (C=O) groups is 2. The SMILES string of the molecule is Cc1cc(O[C@H](CN(C)CCNC(=O)OC(C)(C)C)c2ccc(C3CC3)cn2)c(I)cc1C(=O)Nc1ncccc1C. The highest BCUT2D eigenvalue weighted by Crippen LogP contribution is 2.40. The molecule has 0 unspecified atom stereocenters. The molecule has 224 valence electrons. The van der Waals surface area contributed by atoms with Crippen molar-refractivity contribution in [3.63, 3.8) is 0 Å². The Morgan fingerprint density at radius 2 is 1.88 bits per heavy atom. The van der Waals surface area contributed by atoms with Crippen LogP contribution >= 0.6 is 22.6 Å². The van der Waals surface area contributed by atoms with Gasteiger partial charge < -0.3 is 25.0 Å². The maximum Gasteiger partial charge on any atom is 0.407 e. The highest BCUT2D eigenvalue weighted by atomic mass is 127. The molecule has 1 aliphatic rings. The van der Waals surface area contributed by atoms with Gasteiger partial charge in [-0.05, 0) is 124 Å². The molecule has 4 rings (SSSR count). The van der Waals surface area contributed by atoms with Gasteiger partial charge in [0.15, 0.2) is 6.10 Å². The van der Waals surface area contributed by atoms with Crippen molar-refractivity contribution >= 4 is 40.4 Å². The van der Waals surface area contributed by atoms with Crippen LogP contribution in [-0.2, 0) is 4.74 Å². The molecule has 0 bridgehead atoms. The summed E-state index contributed by atoms with van der Waals surface area (Å²) < 4.78 is 12.7. The number of hydrogen-bond donors (Lipinski definition) is 2. The lowest BCUT2D eigenvalue weighted by molar-refractivity contribution is 0.0521. The number of amides is 2. The van der Waals surface area contributed by atoms with Crippen molar-refractivity contribution in [1.82, 2.24) is 20.2 Å². The predicted molar refractivity (Wildman–Crippen MR) is 172 cm³/mol. The van der Waals surface area contributed by atoms with Gasteiger partial charge in [0.05, 0.1) is 9.26 Å². The standard InChI is InChI=1S/C32H40IN5O4/c1-20-8-7-13-34-29(20)37-30(39)24-17-25(33)27(16-21(24)2)41-28(26-12-11-23(18-36-26)22-9-10-22)19-38(6)15-14-35-31(40)42-32(3,4)5/h7-8,11-13,16-18,22,28H,9-10,14-15,19H2,1-6H3,(H,35,40)(H,34,37,39)/t28-/m1/s1. The van der Waals surface area contributed by atoms with Crippen LogP contribution in [0.15, 0.2) is 48.8 Å². The Labute approximate surface area is 261 Å². The van der Waals surface area contributed by atoms with Crippen LogP contribution in [0.25, 0.3) is 0 Å². The average Bonchev–Trinajstić information content (AvgIpc) is 3.76. The Balaban J connectivity index is 1.48. The third-order valence-electron chi connectivity index (χ3n) is 6.86. The first-order chi connectivity index (χ1) is 19.9. The quantitative estimate of drug-likeness (QED) is 0.225. The molecule has 0 radical (unpaired) electrons. The Morgan fingerprint density at radius 3 is 2.52 bits per heavy atom. The molecule has 2 heterocycles. The first-order valence-electron chi connectivity index (χ1n) is 14.2. The number of likely N-dealkylation sites (N-methyl/N-ethyl adjacent to an activating group) is 1. The van der Waals surface area contributed by atoms with Gasteiger partial charge in [0.1, 0.15) is 17.2 Å². The molecule has 1 fully saturated rings. The molecule has 2 aromatic heterocycles. The Bertz CT molecular complexity index is 1400. The summed E-state index contributed by atoms with van der Waals surface area (Å²) in [5, 5.41) is 5.73. The summed E-state index contributed by atoms with van der Waals surface area (Å²) in [6.45, 7) is 10.9. The third kappa shape index (κ3) is 9.12. The zero-order valence-corrected chi connectivity index (χ0v) is 27.3. The average molecular weight is 686 g/mol. The lowest BCUT2D eigenvalue weighted by Crippen LogP contribution is -2.38. The fourth-order valence-corrected chi connectivity index (χ4v) is 5.02. The molecule has 2 N–H and O–H groups in total. The highest BCUT2D eigenvalue weighted by molar-refractivity contribution is 14.1. The molecule has 9 nitrogen and oxygen atoms in total. The summed E-state index contributed by atoms with van der Waals surface area (Å²) in [5.41, 5.74) is 3.79. The molecule has 1 aromatic carbocycles. The van der Waals surface area contributed by atoms with E-state index in [9.17, 15) is 9.59 Å². The Kier molecular flexibility index (Phi) is 10.4. The highest BCUT2D eigenvalue weighted by Gasteiger charge is 2.26. The van der Waals surface area contributed by atoms with Gasteiger partial charge in [-0.15, -0.1) is 0 Å². The van der Waals surface area contributed by atoms with Crippen molar-refractivity contribution in [2.24, 2.45) is 0 Å². The largest absolute Gasteiger partial charge is 0.482 e. The molecule has 2 amide bonds. The van der Waals surface area contributed by atoms with E-state index in [0.717, 1.165) is 20.4 Å². The topological polar surface area (TPSA) is 106 Å². The van der Waals surface area contributed by atoms with Crippen molar-refractivity contribution in [1.29, 1.82) is 0 Å². The van der Waals surface area contributed by atoms with Crippen LogP contribution in [0.1, 0.15) is 78.4 Å². The number of nitrogens with one attached hydrogen (secondary N) is 2. The van der Waals surface area contributed by atoms with E-state index in [1.165, 1.54) is 18.4 Å². The number of alkyl carbamates (subject to hydrolysis) is 1. The second-order valence-corrected chi connectivity index (χ2v) is 13.0. The first kappa shape index (κ1) is 31.7. The van der Waals surface area contributed by atoms with Crippen molar-refractivity contribution in [2.75, 3.05) is 32.0 Å². The van der Waals surface area contributed by atoms with Crippen LogP contribution in [0.5, 0.6) is 5.75 Å². The van der Waals surface area contributed by atoms with E-state index in [-0.39, 0.29) is 12.0 Å². The second-order valence-electron chi connectivity index (χ2n) is 11.8. The number of anilines is 1. The van der Waals surface area contributed by atoms with Crippen LogP contribution in [0.2, 0.25) is 0 Å². The van der Waals surface area contributed by atoms with Crippen LogP contribution in [-0.4, -0.2) is 59.2 Å². The third-order valence-corrected chi connectivity index (χ3v) is 7.70. The summed E-state index contributed by atoms with van der Waals surface area (Å²) in [6, 6.07) is 11.7. The van der Waals surface area contributed by atoms with Crippen LogP contribution < -0.4 is 15.4 Å². The molecule has 0 saturated heterocycles. The van der Waals surface area contributed by atoms with E-state index in [1.807, 2.05) is 78.2 Å². The number of halogens is 1. The van der Waals surface area contributed by atoms with Gasteiger partial charge in [-0.25, -0.2) is 9.78 Å². The summed E-state index contributed by atoms with van der Waals surface area (Å²) in [7, 11) is 1.98. The number of aryl methyl sites for hydroxylation is 2. The molecule has 3 aromatic rings. The molecule has 1 aliphatic carbocycles. The van der Waals surface area contributed by atoms with Gasteiger partial charge in [0, 0.05) is 37.6 Å². The minimum atomic E-state index is -0.546. The van der Waals surface area contributed by atoms with Gasteiger partial charge in [-0.2, -0.15) is 0 Å². The number of hydrogen-bond acceptors (Lipinski definition) is 7. The van der Waals surface area contributed by atoms with E-state index in [1.54, 1.807) is 6.20 Å². The van der Waals surface area contributed by atoms with Gasteiger partial charge in [0.2, 0.25) is 0 Å². The summed E-state index contributed by atoms with van der Waals surface area (Å²) in [6.07, 6.45) is 5.24. The fourth-order valence-electron chi connectivity index (χ4n) is 4.43. The molecule has 0 spiro atoms. The zero-order chi connectivity index (χ0) is 30.4.